The van der Waals surface area contributed by atoms with Gasteiger partial charge in [-0.25, -0.2) is 4.39 Å². The first-order valence-corrected chi connectivity index (χ1v) is 8.48. The molecule has 0 saturated carbocycles. The number of benzene rings is 2. The number of likely N-dealkylation sites (tertiary alicyclic amines) is 1. The smallest absolute Gasteiger partial charge is 0.325 e. The Balaban J connectivity index is 1.77. The topological polar surface area (TPSA) is 70.0 Å². The molecule has 0 aliphatic carbocycles. The predicted octanol–water partition coefficient (Wildman–Crippen LogP) is 2.64. The molecule has 1 fully saturated rings. The third-order valence-electron chi connectivity index (χ3n) is 4.82. The number of hydrogen-bond acceptors (Lipinski definition) is 4. The summed E-state index contributed by atoms with van der Waals surface area (Å²) in [5.74, 6) is -0.698. The molecule has 0 bridgehead atoms. The van der Waals surface area contributed by atoms with Crippen molar-refractivity contribution in [2.45, 2.75) is 24.5 Å². The molecule has 5 nitrogen and oxygen atoms in total. The van der Waals surface area contributed by atoms with Crippen LogP contribution < -0.4 is 4.74 Å². The Morgan fingerprint density at radius 3 is 2.69 bits per heavy atom. The van der Waals surface area contributed by atoms with Crippen LogP contribution in [0.3, 0.4) is 0 Å². The number of methoxy groups -OCH3 is 1. The Kier molecular flexibility index (Phi) is 5.25. The number of aliphatic carboxylic acids is 1. The summed E-state index contributed by atoms with van der Waals surface area (Å²) in [5.41, 5.74) is 0.400. The van der Waals surface area contributed by atoms with Crippen LogP contribution in [0.25, 0.3) is 0 Å². The Labute approximate surface area is 151 Å². The number of β-amino-alcohol motifs (C(OH)–C–C–N with tert-alkyl or cyclic N) is 1. The van der Waals surface area contributed by atoms with Crippen molar-refractivity contribution in [3.8, 4) is 5.75 Å². The largest absolute Gasteiger partial charge is 0.497 e. The van der Waals surface area contributed by atoms with Crippen LogP contribution in [0.15, 0.2) is 48.5 Å². The van der Waals surface area contributed by atoms with Crippen molar-refractivity contribution in [2.24, 2.45) is 0 Å². The second kappa shape index (κ2) is 7.43. The van der Waals surface area contributed by atoms with Crippen molar-refractivity contribution in [1.82, 2.24) is 4.90 Å². The van der Waals surface area contributed by atoms with E-state index in [1.165, 1.54) is 19.2 Å². The summed E-state index contributed by atoms with van der Waals surface area (Å²) >= 11 is 0. The van der Waals surface area contributed by atoms with Gasteiger partial charge in [0.1, 0.15) is 17.6 Å². The van der Waals surface area contributed by atoms with Gasteiger partial charge in [0.15, 0.2) is 0 Å². The number of aliphatic hydroxyl groups is 1. The van der Waals surface area contributed by atoms with Gasteiger partial charge < -0.3 is 14.9 Å². The number of hydrogen-bond donors (Lipinski definition) is 2. The Bertz CT molecular complexity index is 780. The fourth-order valence-electron chi connectivity index (χ4n) is 3.56. The van der Waals surface area contributed by atoms with Crippen LogP contribution >= 0.6 is 0 Å². The highest BCUT2D eigenvalue weighted by Gasteiger charge is 2.41. The third-order valence-corrected chi connectivity index (χ3v) is 4.82. The van der Waals surface area contributed by atoms with Crippen LogP contribution in [0.4, 0.5) is 4.39 Å². The van der Waals surface area contributed by atoms with E-state index in [9.17, 15) is 19.4 Å². The van der Waals surface area contributed by atoms with Crippen LogP contribution in [0, 0.1) is 5.82 Å². The highest BCUT2D eigenvalue weighted by molar-refractivity contribution is 5.75. The quantitative estimate of drug-likeness (QED) is 0.830. The van der Waals surface area contributed by atoms with E-state index in [2.05, 4.69) is 0 Å². The Morgan fingerprint density at radius 2 is 2.04 bits per heavy atom. The van der Waals surface area contributed by atoms with E-state index in [1.807, 2.05) is 0 Å². The minimum absolute atomic E-state index is 0.235. The maximum absolute atomic E-state index is 13.1. The summed E-state index contributed by atoms with van der Waals surface area (Å²) in [6, 6.07) is 12.1. The first-order chi connectivity index (χ1) is 12.4. The number of nitrogens with zero attached hydrogens (tertiary/aromatic N) is 1. The van der Waals surface area contributed by atoms with Crippen LogP contribution in [0.2, 0.25) is 0 Å². The maximum atomic E-state index is 13.1. The first-order valence-electron chi connectivity index (χ1n) is 8.48. The van der Waals surface area contributed by atoms with Crippen molar-refractivity contribution in [1.29, 1.82) is 0 Å². The Hall–Kier alpha value is -2.44. The maximum Gasteiger partial charge on any atom is 0.325 e. The molecule has 0 spiro atoms. The average Bonchev–Trinajstić information content (AvgIpc) is 2.98. The van der Waals surface area contributed by atoms with Gasteiger partial charge in [-0.2, -0.15) is 0 Å². The fourth-order valence-corrected chi connectivity index (χ4v) is 3.56. The van der Waals surface area contributed by atoms with Gasteiger partial charge in [-0.05, 0) is 41.8 Å². The lowest BCUT2D eigenvalue weighted by Gasteiger charge is -2.27. The summed E-state index contributed by atoms with van der Waals surface area (Å²) in [4.78, 5) is 13.7. The van der Waals surface area contributed by atoms with Gasteiger partial charge in [-0.15, -0.1) is 0 Å². The molecule has 2 atom stereocenters. The van der Waals surface area contributed by atoms with Crippen LogP contribution in [-0.2, 0) is 11.2 Å². The van der Waals surface area contributed by atoms with E-state index < -0.39 is 17.6 Å². The van der Waals surface area contributed by atoms with Crippen molar-refractivity contribution in [2.75, 3.05) is 20.2 Å². The number of ether oxygens (including phenoxy) is 1. The standard InChI is InChI=1S/C20H22FNO4/c1-26-17-4-2-3-15(11-17)18(19(23)24)22-10-9-20(25,13-22)12-14-5-7-16(21)8-6-14/h2-8,11,18,25H,9-10,12-13H2,1H3,(H,23,24). The number of carbonyl (C=O) groups is 1. The molecular formula is C20H22FNO4. The summed E-state index contributed by atoms with van der Waals surface area (Å²) in [6.45, 7) is 0.699. The molecule has 2 aromatic carbocycles. The van der Waals surface area contributed by atoms with E-state index in [1.54, 1.807) is 41.3 Å². The average molecular weight is 359 g/mol. The number of rotatable bonds is 6. The van der Waals surface area contributed by atoms with Crippen molar-refractivity contribution in [3.05, 3.63) is 65.5 Å². The van der Waals surface area contributed by atoms with Crippen molar-refractivity contribution in [3.63, 3.8) is 0 Å². The van der Waals surface area contributed by atoms with Crippen LogP contribution in [0.1, 0.15) is 23.6 Å². The summed E-state index contributed by atoms with van der Waals surface area (Å²) in [5, 5.41) is 20.6. The highest BCUT2D eigenvalue weighted by atomic mass is 19.1. The molecule has 1 aliphatic rings. The number of carboxylic acid groups (broad SMARTS) is 1. The van der Waals surface area contributed by atoms with Gasteiger partial charge in [-0.3, -0.25) is 9.69 Å². The summed E-state index contributed by atoms with van der Waals surface area (Å²) in [6.07, 6.45) is 0.812. The molecular weight excluding hydrogens is 337 g/mol. The summed E-state index contributed by atoms with van der Waals surface area (Å²) in [7, 11) is 1.53. The molecule has 0 radical (unpaired) electrons. The van der Waals surface area contributed by atoms with Gasteiger partial charge in [0.25, 0.3) is 0 Å². The molecule has 0 amide bonds. The van der Waals surface area contributed by atoms with E-state index >= 15 is 0 Å². The lowest BCUT2D eigenvalue weighted by atomic mass is 9.93. The van der Waals surface area contributed by atoms with Crippen LogP contribution in [0.5, 0.6) is 5.75 Å². The number of carboxylic acids is 1. The number of halogens is 1. The molecule has 138 valence electrons. The zero-order chi connectivity index (χ0) is 18.7. The summed E-state index contributed by atoms with van der Waals surface area (Å²) < 4.78 is 18.2. The minimum Gasteiger partial charge on any atom is -0.497 e. The van der Waals surface area contributed by atoms with Gasteiger partial charge >= 0.3 is 5.97 Å². The fraction of sp³-hybridized carbons (Fsp3) is 0.350. The van der Waals surface area contributed by atoms with E-state index in [0.717, 1.165) is 5.56 Å². The van der Waals surface area contributed by atoms with Gasteiger partial charge in [0.05, 0.1) is 12.7 Å². The highest BCUT2D eigenvalue weighted by Crippen LogP contribution is 2.33. The van der Waals surface area contributed by atoms with Gasteiger partial charge in [0, 0.05) is 19.5 Å². The molecule has 26 heavy (non-hydrogen) atoms. The molecule has 1 saturated heterocycles. The van der Waals surface area contributed by atoms with Crippen LogP contribution in [-0.4, -0.2) is 46.9 Å². The molecule has 6 heteroatoms. The molecule has 0 aromatic heterocycles. The second-order valence-corrected chi connectivity index (χ2v) is 6.77. The predicted molar refractivity (Wildman–Crippen MR) is 94.6 cm³/mol. The molecule has 3 rings (SSSR count). The zero-order valence-corrected chi connectivity index (χ0v) is 14.6. The van der Waals surface area contributed by atoms with E-state index in [0.29, 0.717) is 30.7 Å². The first kappa shape index (κ1) is 18.4. The van der Waals surface area contributed by atoms with Gasteiger partial charge in [-0.1, -0.05) is 24.3 Å². The molecule has 1 heterocycles. The molecule has 2 aromatic rings. The zero-order valence-electron chi connectivity index (χ0n) is 14.6. The monoisotopic (exact) mass is 359 g/mol. The minimum atomic E-state index is -1.04. The molecule has 1 aliphatic heterocycles. The molecule has 2 N–H and O–H groups in total. The van der Waals surface area contributed by atoms with E-state index in [4.69, 9.17) is 4.74 Å². The lowest BCUT2D eigenvalue weighted by Crippen LogP contribution is -2.39. The van der Waals surface area contributed by atoms with Crippen molar-refractivity contribution >= 4 is 5.97 Å². The SMILES string of the molecule is COc1cccc(C(C(=O)O)N2CCC(O)(Cc3ccc(F)cc3)C2)c1. The lowest BCUT2D eigenvalue weighted by molar-refractivity contribution is -0.143. The normalized spacial score (nSPS) is 21.5. The molecule has 2 unspecified atom stereocenters. The third kappa shape index (κ3) is 4.03. The van der Waals surface area contributed by atoms with Gasteiger partial charge in [0.2, 0.25) is 0 Å². The Morgan fingerprint density at radius 1 is 1.31 bits per heavy atom. The van der Waals surface area contributed by atoms with E-state index in [-0.39, 0.29) is 12.4 Å². The second-order valence-electron chi connectivity index (χ2n) is 6.77. The van der Waals surface area contributed by atoms with Crippen molar-refractivity contribution < 1.29 is 24.1 Å².